The number of nitrogens with two attached hydrogens (primary N) is 2. The van der Waals surface area contributed by atoms with Gasteiger partial charge in [-0.3, -0.25) is 9.13 Å². The molecule has 21 heavy (non-hydrogen) atoms. The van der Waals surface area contributed by atoms with Crippen molar-refractivity contribution >= 4 is 14.7 Å². The molecule has 130 valence electrons. The van der Waals surface area contributed by atoms with Crippen molar-refractivity contribution in [3.8, 4) is 0 Å². The van der Waals surface area contributed by atoms with Gasteiger partial charge in [0.15, 0.2) is 0 Å². The summed E-state index contributed by atoms with van der Waals surface area (Å²) in [7, 11) is -9.17. The Morgan fingerprint density at radius 3 is 1.62 bits per heavy atom. The van der Waals surface area contributed by atoms with Crippen LogP contribution in [0, 0.1) is 0 Å². The van der Waals surface area contributed by atoms with Crippen LogP contribution in [0.2, 0.25) is 0 Å². The fourth-order valence-corrected chi connectivity index (χ4v) is 2.54. The highest BCUT2D eigenvalue weighted by molar-refractivity contribution is 7.59. The molecule has 0 bridgehead atoms. The lowest BCUT2D eigenvalue weighted by atomic mass is 10.5. The van der Waals surface area contributed by atoms with Crippen molar-refractivity contribution in [1.82, 2.24) is 0 Å². The van der Waals surface area contributed by atoms with E-state index in [9.17, 15) is 31.1 Å². The maximum Gasteiger partial charge on any atom is 0.465 e. The molecule has 0 aliphatic heterocycles. The molecule has 6 nitrogen and oxygen atoms in total. The van der Waals surface area contributed by atoms with E-state index < -0.39 is 33.0 Å². The Labute approximate surface area is 118 Å². The number of rotatable bonds is 7. The highest BCUT2D eigenvalue weighted by Gasteiger charge is 2.49. The maximum absolute atomic E-state index is 11.6. The molecule has 2 unspecified atom stereocenters. The zero-order valence-electron chi connectivity index (χ0n) is 11.0. The summed E-state index contributed by atoms with van der Waals surface area (Å²) in [6.45, 7) is 0.151. The summed E-state index contributed by atoms with van der Waals surface area (Å²) in [5, 5.41) is 0. The maximum atomic E-state index is 11.6. The molecular weight excluding hydrogens is 345 g/mol. The second-order valence-corrected chi connectivity index (χ2v) is 8.64. The molecule has 0 aromatic rings. The quantitative estimate of drug-likeness (QED) is 0.404. The normalized spacial score (nSPS) is 17.6. The van der Waals surface area contributed by atoms with E-state index in [2.05, 4.69) is 0 Å². The molecule has 0 fully saturated rings. The van der Waals surface area contributed by atoms with Crippen LogP contribution in [0.4, 0.5) is 22.0 Å². The monoisotopic (exact) mass is 364 g/mol. The van der Waals surface area contributed by atoms with E-state index in [1.807, 2.05) is 0 Å². The van der Waals surface area contributed by atoms with Gasteiger partial charge in [-0.15, -0.1) is 0 Å². The number of alkyl halides is 5. The average molecular weight is 364 g/mol. The van der Waals surface area contributed by atoms with E-state index >= 15 is 0 Å². The molecule has 6 N–H and O–H groups in total. The largest absolute Gasteiger partial charge is 0.465 e. The van der Waals surface area contributed by atoms with Crippen LogP contribution >= 0.6 is 14.7 Å². The predicted molar refractivity (Wildman–Crippen MR) is 68.8 cm³/mol. The average Bonchev–Trinajstić information content (AvgIpc) is 2.33. The summed E-state index contributed by atoms with van der Waals surface area (Å²) in [5.74, 6) is -5.00. The number of hydrogen-bond donors (Lipinski definition) is 4. The van der Waals surface area contributed by atoms with Crippen LogP contribution in [0.3, 0.4) is 0 Å². The predicted octanol–water partition coefficient (Wildman–Crippen LogP) is 1.95. The Morgan fingerprint density at radius 2 is 1.33 bits per heavy atom. The van der Waals surface area contributed by atoms with Gasteiger partial charge in [-0.05, 0) is 25.9 Å². The van der Waals surface area contributed by atoms with Crippen molar-refractivity contribution in [3.63, 3.8) is 0 Å². The molecule has 0 amide bonds. The van der Waals surface area contributed by atoms with Crippen molar-refractivity contribution in [2.24, 2.45) is 11.5 Å². The number of hydrogen-bond acceptors (Lipinski definition) is 4. The van der Waals surface area contributed by atoms with Gasteiger partial charge in [0.2, 0.25) is 0 Å². The third kappa shape index (κ3) is 10.3. The summed E-state index contributed by atoms with van der Waals surface area (Å²) in [5.41, 5.74) is 9.84. The first-order valence-corrected chi connectivity index (χ1v) is 9.46. The summed E-state index contributed by atoms with van der Waals surface area (Å²) < 4.78 is 78.8. The first-order valence-electron chi connectivity index (χ1n) is 5.70. The lowest BCUT2D eigenvalue weighted by molar-refractivity contribution is -0.0552. The van der Waals surface area contributed by atoms with Crippen molar-refractivity contribution in [1.29, 1.82) is 0 Å². The zero-order valence-corrected chi connectivity index (χ0v) is 12.8. The second-order valence-electron chi connectivity index (χ2n) is 3.93. The minimum atomic E-state index is -5.00. The third-order valence-electron chi connectivity index (χ3n) is 2.05. The molecule has 0 saturated carbocycles. The smallest absolute Gasteiger partial charge is 0.340 e. The van der Waals surface area contributed by atoms with E-state index in [0.717, 1.165) is 0 Å². The second kappa shape index (κ2) is 9.86. The van der Waals surface area contributed by atoms with Crippen molar-refractivity contribution in [3.05, 3.63) is 0 Å². The zero-order chi connectivity index (χ0) is 17.3. The molecule has 0 saturated heterocycles. The molecule has 0 radical (unpaired) electrons. The van der Waals surface area contributed by atoms with E-state index in [0.29, 0.717) is 0 Å². The Balaban J connectivity index is 0. The van der Waals surface area contributed by atoms with E-state index in [1.165, 1.54) is 0 Å². The van der Waals surface area contributed by atoms with Crippen molar-refractivity contribution in [2.45, 2.75) is 24.9 Å². The Morgan fingerprint density at radius 1 is 0.952 bits per heavy atom. The SMILES string of the molecule is NCCCP(=O)(O)C(F)(F)F.NCCCP(=O)(O)C(F)F. The Hall–Kier alpha value is -0.0500. The minimum Gasteiger partial charge on any atom is -0.340 e. The summed E-state index contributed by atoms with van der Waals surface area (Å²) in [6.07, 6.45) is -4.22. The third-order valence-corrected chi connectivity index (χ3v) is 5.33. The van der Waals surface area contributed by atoms with Crippen LogP contribution in [-0.4, -0.2) is 47.3 Å². The van der Waals surface area contributed by atoms with Crippen LogP contribution in [0.5, 0.6) is 0 Å². The molecule has 0 aromatic heterocycles. The van der Waals surface area contributed by atoms with Crippen molar-refractivity contribution in [2.75, 3.05) is 25.4 Å². The van der Waals surface area contributed by atoms with Gasteiger partial charge in [-0.2, -0.15) is 22.0 Å². The molecule has 13 heteroatoms. The van der Waals surface area contributed by atoms with Gasteiger partial charge < -0.3 is 21.3 Å². The molecule has 0 rings (SSSR count). The first kappa shape index (κ1) is 23.2. The van der Waals surface area contributed by atoms with Gasteiger partial charge in [0, 0.05) is 12.3 Å². The lowest BCUT2D eigenvalue weighted by Gasteiger charge is -2.13. The van der Waals surface area contributed by atoms with Gasteiger partial charge in [0.1, 0.15) is 0 Å². The van der Waals surface area contributed by atoms with Crippen LogP contribution in [-0.2, 0) is 9.13 Å². The molecular formula is C8H19F5N2O4P2. The Bertz CT molecular complexity index is 380. The summed E-state index contributed by atoms with van der Waals surface area (Å²) in [6, 6.07) is 0. The van der Waals surface area contributed by atoms with Crippen LogP contribution in [0.1, 0.15) is 12.8 Å². The molecule has 0 aliphatic carbocycles. The van der Waals surface area contributed by atoms with Crippen LogP contribution < -0.4 is 11.5 Å². The Kier molecular flexibility index (Phi) is 10.9. The first-order chi connectivity index (χ1) is 9.31. The van der Waals surface area contributed by atoms with Gasteiger partial charge in [-0.25, -0.2) is 0 Å². The topological polar surface area (TPSA) is 127 Å². The number of halogens is 5. The highest BCUT2D eigenvalue weighted by Crippen LogP contribution is 2.57. The van der Waals surface area contributed by atoms with Crippen molar-refractivity contribution < 1.29 is 40.9 Å². The standard InChI is InChI=1S/C4H9F3NO2P.C4H10F2NO2P/c5-4(6,7)11(9,10)3-1-2-8;5-4(6)10(8,9)3-1-2-7/h1-3,8H2,(H,9,10);4H,1-3,7H2,(H,8,9). The molecule has 0 spiro atoms. The molecule has 0 aliphatic rings. The van der Waals surface area contributed by atoms with Gasteiger partial charge in [0.05, 0.1) is 0 Å². The minimum absolute atomic E-state index is 0.0133. The molecule has 0 aromatic carbocycles. The highest BCUT2D eigenvalue weighted by atomic mass is 31.2. The van der Waals surface area contributed by atoms with E-state index in [1.54, 1.807) is 0 Å². The molecule has 2 atom stereocenters. The lowest BCUT2D eigenvalue weighted by Crippen LogP contribution is -2.13. The van der Waals surface area contributed by atoms with Crippen LogP contribution in [0.15, 0.2) is 0 Å². The van der Waals surface area contributed by atoms with Gasteiger partial charge in [0.25, 0.3) is 7.37 Å². The van der Waals surface area contributed by atoms with E-state index in [-0.39, 0.29) is 32.1 Å². The van der Waals surface area contributed by atoms with Gasteiger partial charge >= 0.3 is 19.5 Å². The fourth-order valence-electron chi connectivity index (χ4n) is 0.848. The summed E-state index contributed by atoms with van der Waals surface area (Å²) >= 11 is 0. The fraction of sp³-hybridized carbons (Fsp3) is 1.00. The van der Waals surface area contributed by atoms with Crippen LogP contribution in [0.25, 0.3) is 0 Å². The van der Waals surface area contributed by atoms with E-state index in [4.69, 9.17) is 21.3 Å². The van der Waals surface area contributed by atoms with Gasteiger partial charge in [-0.1, -0.05) is 0 Å². The summed E-state index contributed by atoms with van der Waals surface area (Å²) in [4.78, 5) is 16.8. The molecule has 0 heterocycles.